The molecule has 2 unspecified atom stereocenters. The summed E-state index contributed by atoms with van der Waals surface area (Å²) < 4.78 is 1.62. The summed E-state index contributed by atoms with van der Waals surface area (Å²) in [6.07, 6.45) is 3.72. The van der Waals surface area contributed by atoms with E-state index < -0.39 is 12.0 Å². The fraction of sp³-hybridized carbons (Fsp3) is 0.571. The second kappa shape index (κ2) is 6.02. The predicted molar refractivity (Wildman–Crippen MR) is 72.1 cm³/mol. The standard InChI is InChI=1S/C14H20N2O3/c1-11-5-4-8-16(13(11)14(18)19)10-9-15-7-3-2-6-12(15)17/h2-3,6-7,11,13H,4-5,8-10H2,1H3,(H,18,19). The van der Waals surface area contributed by atoms with E-state index in [1.54, 1.807) is 16.8 Å². The number of pyridine rings is 1. The van der Waals surface area contributed by atoms with Gasteiger partial charge in [0.15, 0.2) is 0 Å². The summed E-state index contributed by atoms with van der Waals surface area (Å²) in [5, 5.41) is 9.32. The SMILES string of the molecule is CC1CCCN(CCn2ccccc2=O)C1C(=O)O. The maximum Gasteiger partial charge on any atom is 0.321 e. The van der Waals surface area contributed by atoms with Gasteiger partial charge in [-0.05, 0) is 31.4 Å². The highest BCUT2D eigenvalue weighted by Gasteiger charge is 2.33. The van der Waals surface area contributed by atoms with Gasteiger partial charge in [0.05, 0.1) is 0 Å². The smallest absolute Gasteiger partial charge is 0.321 e. The summed E-state index contributed by atoms with van der Waals surface area (Å²) in [5.41, 5.74) is -0.0422. The molecule has 5 nitrogen and oxygen atoms in total. The Bertz CT molecular complexity index is 497. The van der Waals surface area contributed by atoms with Gasteiger partial charge in [-0.2, -0.15) is 0 Å². The number of aromatic nitrogens is 1. The van der Waals surface area contributed by atoms with E-state index in [0.29, 0.717) is 13.1 Å². The quantitative estimate of drug-likeness (QED) is 0.882. The molecule has 0 spiro atoms. The molecule has 1 aromatic heterocycles. The van der Waals surface area contributed by atoms with Crippen molar-refractivity contribution in [3.05, 3.63) is 34.7 Å². The number of nitrogens with zero attached hydrogens (tertiary/aromatic N) is 2. The number of piperidine rings is 1. The average molecular weight is 264 g/mol. The molecule has 1 N–H and O–H groups in total. The van der Waals surface area contributed by atoms with Crippen molar-refractivity contribution in [2.75, 3.05) is 13.1 Å². The summed E-state index contributed by atoms with van der Waals surface area (Å²) >= 11 is 0. The molecule has 1 saturated heterocycles. The van der Waals surface area contributed by atoms with Gasteiger partial charge < -0.3 is 9.67 Å². The van der Waals surface area contributed by atoms with Crippen LogP contribution in [-0.4, -0.2) is 39.7 Å². The molecular formula is C14H20N2O3. The van der Waals surface area contributed by atoms with Gasteiger partial charge in [0.1, 0.15) is 6.04 Å². The van der Waals surface area contributed by atoms with E-state index in [0.717, 1.165) is 19.4 Å². The number of carboxylic acids is 1. The van der Waals surface area contributed by atoms with Gasteiger partial charge in [0.2, 0.25) is 0 Å². The summed E-state index contributed by atoms with van der Waals surface area (Å²) in [5.74, 6) is -0.591. The molecule has 0 bridgehead atoms. The highest BCUT2D eigenvalue weighted by molar-refractivity contribution is 5.74. The maximum absolute atomic E-state index is 11.6. The van der Waals surface area contributed by atoms with Gasteiger partial charge in [-0.25, -0.2) is 0 Å². The van der Waals surface area contributed by atoms with Gasteiger partial charge in [-0.3, -0.25) is 14.5 Å². The van der Waals surface area contributed by atoms with Crippen LogP contribution < -0.4 is 5.56 Å². The third kappa shape index (κ3) is 3.23. The zero-order chi connectivity index (χ0) is 13.8. The van der Waals surface area contributed by atoms with Crippen LogP contribution in [0.4, 0.5) is 0 Å². The average Bonchev–Trinajstić information content (AvgIpc) is 2.37. The molecule has 1 aliphatic heterocycles. The van der Waals surface area contributed by atoms with Crippen molar-refractivity contribution in [1.29, 1.82) is 0 Å². The Labute approximate surface area is 112 Å². The van der Waals surface area contributed by atoms with Crippen molar-refractivity contribution in [2.45, 2.75) is 32.4 Å². The van der Waals surface area contributed by atoms with Crippen molar-refractivity contribution < 1.29 is 9.90 Å². The lowest BCUT2D eigenvalue weighted by Crippen LogP contribution is -2.50. The highest BCUT2D eigenvalue weighted by atomic mass is 16.4. The van der Waals surface area contributed by atoms with Crippen LogP contribution in [0.5, 0.6) is 0 Å². The minimum Gasteiger partial charge on any atom is -0.480 e. The van der Waals surface area contributed by atoms with Gasteiger partial charge in [-0.1, -0.05) is 13.0 Å². The van der Waals surface area contributed by atoms with Crippen molar-refractivity contribution in [3.63, 3.8) is 0 Å². The summed E-state index contributed by atoms with van der Waals surface area (Å²) in [6, 6.07) is 4.62. The van der Waals surface area contributed by atoms with Gasteiger partial charge in [0, 0.05) is 25.4 Å². The molecule has 0 aliphatic carbocycles. The fourth-order valence-corrected chi connectivity index (χ4v) is 2.81. The lowest BCUT2D eigenvalue weighted by Gasteiger charge is -2.37. The zero-order valence-electron chi connectivity index (χ0n) is 11.2. The molecule has 19 heavy (non-hydrogen) atoms. The first-order valence-corrected chi connectivity index (χ1v) is 6.72. The molecule has 2 atom stereocenters. The second-order valence-electron chi connectivity index (χ2n) is 5.17. The van der Waals surface area contributed by atoms with Crippen LogP contribution in [0.25, 0.3) is 0 Å². The Morgan fingerprint density at radius 1 is 1.42 bits per heavy atom. The monoisotopic (exact) mass is 264 g/mol. The summed E-state index contributed by atoms with van der Waals surface area (Å²) in [4.78, 5) is 24.9. The van der Waals surface area contributed by atoms with Crippen LogP contribution in [0.3, 0.4) is 0 Å². The molecule has 104 valence electrons. The lowest BCUT2D eigenvalue weighted by molar-refractivity contribution is -0.146. The van der Waals surface area contributed by atoms with Gasteiger partial charge >= 0.3 is 5.97 Å². The molecule has 2 heterocycles. The Kier molecular flexibility index (Phi) is 4.37. The second-order valence-corrected chi connectivity index (χ2v) is 5.17. The Morgan fingerprint density at radius 2 is 2.21 bits per heavy atom. The third-order valence-corrected chi connectivity index (χ3v) is 3.82. The van der Waals surface area contributed by atoms with Crippen molar-refractivity contribution >= 4 is 5.97 Å². The van der Waals surface area contributed by atoms with E-state index in [-0.39, 0.29) is 11.5 Å². The fourth-order valence-electron chi connectivity index (χ4n) is 2.81. The molecule has 1 aromatic rings. The lowest BCUT2D eigenvalue weighted by atomic mass is 9.91. The van der Waals surface area contributed by atoms with E-state index in [4.69, 9.17) is 0 Å². The highest BCUT2D eigenvalue weighted by Crippen LogP contribution is 2.23. The molecule has 1 aliphatic rings. The number of carbonyl (C=O) groups is 1. The largest absolute Gasteiger partial charge is 0.480 e. The number of hydrogen-bond donors (Lipinski definition) is 1. The first kappa shape index (κ1) is 13.8. The van der Waals surface area contributed by atoms with Crippen molar-refractivity contribution in [3.8, 4) is 0 Å². The molecular weight excluding hydrogens is 244 g/mol. The van der Waals surface area contributed by atoms with Crippen LogP contribution in [0.15, 0.2) is 29.2 Å². The Balaban J connectivity index is 2.03. The normalized spacial score (nSPS) is 24.3. The van der Waals surface area contributed by atoms with Crippen LogP contribution in [-0.2, 0) is 11.3 Å². The molecule has 0 amide bonds. The van der Waals surface area contributed by atoms with E-state index >= 15 is 0 Å². The number of carboxylic acid groups (broad SMARTS) is 1. The van der Waals surface area contributed by atoms with Crippen LogP contribution in [0, 0.1) is 5.92 Å². The van der Waals surface area contributed by atoms with E-state index in [9.17, 15) is 14.7 Å². The third-order valence-electron chi connectivity index (χ3n) is 3.82. The predicted octanol–water partition coefficient (Wildman–Crippen LogP) is 1.03. The number of rotatable bonds is 4. The first-order chi connectivity index (χ1) is 9.09. The zero-order valence-corrected chi connectivity index (χ0v) is 11.2. The van der Waals surface area contributed by atoms with Crippen LogP contribution in [0.1, 0.15) is 19.8 Å². The van der Waals surface area contributed by atoms with Crippen LogP contribution in [0.2, 0.25) is 0 Å². The topological polar surface area (TPSA) is 62.5 Å². The number of likely N-dealkylation sites (tertiary alicyclic amines) is 1. The Morgan fingerprint density at radius 3 is 2.89 bits per heavy atom. The molecule has 1 fully saturated rings. The molecule has 0 aromatic carbocycles. The first-order valence-electron chi connectivity index (χ1n) is 6.72. The van der Waals surface area contributed by atoms with Gasteiger partial charge in [-0.15, -0.1) is 0 Å². The molecule has 0 radical (unpaired) electrons. The van der Waals surface area contributed by atoms with Gasteiger partial charge in [0.25, 0.3) is 5.56 Å². The minimum atomic E-state index is -0.757. The van der Waals surface area contributed by atoms with E-state index in [2.05, 4.69) is 0 Å². The number of aliphatic carboxylic acids is 1. The molecule has 2 rings (SSSR count). The molecule has 0 saturated carbocycles. The minimum absolute atomic E-state index is 0.0422. The molecule has 5 heteroatoms. The van der Waals surface area contributed by atoms with E-state index in [1.807, 2.05) is 17.9 Å². The van der Waals surface area contributed by atoms with Crippen molar-refractivity contribution in [1.82, 2.24) is 9.47 Å². The summed E-state index contributed by atoms with van der Waals surface area (Å²) in [6.45, 7) is 3.92. The number of hydrogen-bond acceptors (Lipinski definition) is 3. The summed E-state index contributed by atoms with van der Waals surface area (Å²) in [7, 11) is 0. The van der Waals surface area contributed by atoms with Crippen LogP contribution >= 0.6 is 0 Å². The maximum atomic E-state index is 11.6. The van der Waals surface area contributed by atoms with Crippen molar-refractivity contribution in [2.24, 2.45) is 5.92 Å². The van der Waals surface area contributed by atoms with E-state index in [1.165, 1.54) is 6.07 Å². The Hall–Kier alpha value is -1.62.